The molecule has 4 heterocycles. The Balaban J connectivity index is 1.89. The summed E-state index contributed by atoms with van der Waals surface area (Å²) >= 11 is 1.34. The van der Waals surface area contributed by atoms with E-state index >= 15 is 0 Å². The molecule has 3 aromatic rings. The summed E-state index contributed by atoms with van der Waals surface area (Å²) in [5, 5.41) is 17.3. The second kappa shape index (κ2) is 8.70. The highest BCUT2D eigenvalue weighted by Gasteiger charge is 2.25. The van der Waals surface area contributed by atoms with Gasteiger partial charge in [0.25, 0.3) is 0 Å². The van der Waals surface area contributed by atoms with E-state index in [1.54, 1.807) is 38.2 Å². The summed E-state index contributed by atoms with van der Waals surface area (Å²) in [5.41, 5.74) is 4.09. The number of likely N-dealkylation sites (N-methyl/N-ethyl adjacent to an activating group) is 1. The lowest BCUT2D eigenvalue weighted by atomic mass is 10.1. The number of aryl methyl sites for hydroxylation is 1. The Hall–Kier alpha value is -3.67. The van der Waals surface area contributed by atoms with Crippen LogP contribution in [0.4, 0.5) is 10.7 Å². The third kappa shape index (κ3) is 4.21. The molecule has 0 spiro atoms. The highest BCUT2D eigenvalue weighted by atomic mass is 32.2. The largest absolute Gasteiger partial charge is 0.496 e. The zero-order valence-electron chi connectivity index (χ0n) is 18.8. The first kappa shape index (κ1) is 22.5. The van der Waals surface area contributed by atoms with Crippen molar-refractivity contribution in [3.05, 3.63) is 34.3 Å². The van der Waals surface area contributed by atoms with Crippen LogP contribution in [0.1, 0.15) is 22.5 Å². The first-order valence-corrected chi connectivity index (χ1v) is 11.0. The van der Waals surface area contributed by atoms with E-state index in [2.05, 4.69) is 20.3 Å². The fourth-order valence-corrected chi connectivity index (χ4v) is 4.66. The van der Waals surface area contributed by atoms with Crippen LogP contribution in [0.25, 0.3) is 17.1 Å². The number of nitrogens with zero attached hydrogens (tertiary/aromatic N) is 6. The molecular weight excluding hydrogens is 446 g/mol. The van der Waals surface area contributed by atoms with Crippen LogP contribution in [0.15, 0.2) is 16.8 Å². The molecule has 4 rings (SSSR count). The summed E-state index contributed by atoms with van der Waals surface area (Å²) in [6.07, 6.45) is 2.21. The number of aromatic nitrogens is 5. The Morgan fingerprint density at radius 3 is 2.73 bits per heavy atom. The van der Waals surface area contributed by atoms with Gasteiger partial charge in [0.2, 0.25) is 11.9 Å². The van der Waals surface area contributed by atoms with Gasteiger partial charge in [0.05, 0.1) is 30.4 Å². The summed E-state index contributed by atoms with van der Waals surface area (Å²) in [4.78, 5) is 38.7. The molecule has 2 amide bonds. The average Bonchev–Trinajstić information content (AvgIpc) is 2.97. The second-order valence-corrected chi connectivity index (χ2v) is 8.69. The molecule has 0 saturated heterocycles. The van der Waals surface area contributed by atoms with Crippen molar-refractivity contribution in [2.75, 3.05) is 32.3 Å². The number of hydrogen-bond donors (Lipinski definition) is 2. The number of carbonyl (C=O) groups is 2. The minimum atomic E-state index is -1.27. The van der Waals surface area contributed by atoms with Crippen molar-refractivity contribution in [3.8, 4) is 5.75 Å². The average molecular weight is 470 g/mol. The molecule has 3 aromatic heterocycles. The molecule has 1 aliphatic heterocycles. The van der Waals surface area contributed by atoms with Gasteiger partial charge in [-0.15, -0.1) is 11.8 Å². The van der Waals surface area contributed by atoms with Gasteiger partial charge < -0.3 is 14.7 Å². The fraction of sp³-hybridized carbons (Fsp3) is 0.333. The zero-order chi connectivity index (χ0) is 23.9. The monoisotopic (exact) mass is 469 g/mol. The molecule has 2 N–H and O–H groups in total. The molecule has 1 aliphatic rings. The van der Waals surface area contributed by atoms with Crippen LogP contribution >= 0.6 is 11.8 Å². The van der Waals surface area contributed by atoms with E-state index in [9.17, 15) is 14.7 Å². The van der Waals surface area contributed by atoms with Crippen LogP contribution in [0.5, 0.6) is 5.75 Å². The number of hydrogen-bond acceptors (Lipinski definition) is 8. The Labute approximate surface area is 193 Å². The van der Waals surface area contributed by atoms with Crippen LogP contribution in [0.2, 0.25) is 0 Å². The summed E-state index contributed by atoms with van der Waals surface area (Å²) in [5.74, 6) is 0.937. The molecule has 33 heavy (non-hydrogen) atoms. The third-order valence-electron chi connectivity index (χ3n) is 5.21. The Morgan fingerprint density at radius 2 is 2.06 bits per heavy atom. The van der Waals surface area contributed by atoms with Gasteiger partial charge in [0, 0.05) is 42.7 Å². The maximum Gasteiger partial charge on any atom is 0.411 e. The molecule has 0 unspecified atom stereocenters. The van der Waals surface area contributed by atoms with E-state index in [-0.39, 0.29) is 18.4 Å². The van der Waals surface area contributed by atoms with Crippen molar-refractivity contribution in [3.63, 3.8) is 0 Å². The van der Waals surface area contributed by atoms with E-state index in [0.29, 0.717) is 33.1 Å². The van der Waals surface area contributed by atoms with E-state index in [1.165, 1.54) is 16.7 Å². The molecule has 0 radical (unpaired) electrons. The number of rotatable bonds is 5. The number of nitrogens with one attached hydrogen (secondary N) is 1. The summed E-state index contributed by atoms with van der Waals surface area (Å²) in [6.45, 7) is 4.12. The fourth-order valence-electron chi connectivity index (χ4n) is 3.67. The second-order valence-electron chi connectivity index (χ2n) is 7.73. The number of anilines is 1. The number of carboxylic acid groups (broad SMARTS) is 1. The summed E-state index contributed by atoms with van der Waals surface area (Å²) in [7, 11) is 4.99. The molecule has 0 aliphatic carbocycles. The van der Waals surface area contributed by atoms with Crippen molar-refractivity contribution in [1.29, 1.82) is 0 Å². The van der Waals surface area contributed by atoms with Crippen molar-refractivity contribution in [2.45, 2.75) is 25.4 Å². The van der Waals surface area contributed by atoms with Crippen molar-refractivity contribution < 1.29 is 19.4 Å². The Kier molecular flexibility index (Phi) is 5.93. The van der Waals surface area contributed by atoms with Gasteiger partial charge in [-0.2, -0.15) is 10.1 Å². The molecule has 11 nitrogen and oxygen atoms in total. The van der Waals surface area contributed by atoms with E-state index < -0.39 is 6.09 Å². The Bertz CT molecular complexity index is 1320. The van der Waals surface area contributed by atoms with Gasteiger partial charge >= 0.3 is 6.09 Å². The maximum absolute atomic E-state index is 12.6. The van der Waals surface area contributed by atoms with Crippen LogP contribution in [-0.4, -0.2) is 73.7 Å². The number of carbonyl (C=O) groups excluding carboxylic acids is 1. The minimum absolute atomic E-state index is 0.0567. The molecule has 0 atom stereocenters. The van der Waals surface area contributed by atoms with Gasteiger partial charge in [-0.25, -0.2) is 14.5 Å². The molecule has 0 fully saturated rings. The van der Waals surface area contributed by atoms with Crippen molar-refractivity contribution in [1.82, 2.24) is 29.6 Å². The van der Waals surface area contributed by atoms with Crippen LogP contribution in [0, 0.1) is 13.8 Å². The number of methoxy groups -OCH3 is 1. The Morgan fingerprint density at radius 1 is 1.30 bits per heavy atom. The number of pyridine rings is 1. The third-order valence-corrected chi connectivity index (χ3v) is 6.23. The van der Waals surface area contributed by atoms with Gasteiger partial charge in [0.1, 0.15) is 10.8 Å². The van der Waals surface area contributed by atoms with Crippen LogP contribution in [0.3, 0.4) is 0 Å². The number of amides is 2. The van der Waals surface area contributed by atoms with Crippen LogP contribution in [-0.2, 0) is 11.3 Å². The van der Waals surface area contributed by atoms with E-state index in [0.717, 1.165) is 22.6 Å². The molecule has 0 saturated carbocycles. The smallest absolute Gasteiger partial charge is 0.411 e. The minimum Gasteiger partial charge on any atom is -0.496 e. The van der Waals surface area contributed by atoms with Gasteiger partial charge in [-0.05, 0) is 19.9 Å². The van der Waals surface area contributed by atoms with Crippen molar-refractivity contribution in [2.24, 2.45) is 0 Å². The molecule has 0 aromatic carbocycles. The van der Waals surface area contributed by atoms with Crippen LogP contribution < -0.4 is 10.1 Å². The summed E-state index contributed by atoms with van der Waals surface area (Å²) < 4.78 is 7.16. The lowest BCUT2D eigenvalue weighted by molar-refractivity contribution is -0.124. The lowest BCUT2D eigenvalue weighted by Crippen LogP contribution is -2.24. The van der Waals surface area contributed by atoms with Gasteiger partial charge in [-0.1, -0.05) is 0 Å². The highest BCUT2D eigenvalue weighted by Crippen LogP contribution is 2.35. The number of thioether (sulfide) groups is 1. The first-order chi connectivity index (χ1) is 15.7. The van der Waals surface area contributed by atoms with Gasteiger partial charge in [-0.3, -0.25) is 15.1 Å². The number of ether oxygens (including phenoxy) is 1. The molecule has 172 valence electrons. The molecule has 12 heteroatoms. The standard InChI is InChI=1S/C21H23N7O4S/c1-10-7-22-14(11(2)16(10)32-5)8-28-17-15-13(26-28)6-12(19(29)27(3)4)9-33-18(15)24-20(23-17)25-21(30)31/h6-7H,8-9H2,1-5H3,(H,30,31)(H,23,24,25). The van der Waals surface area contributed by atoms with Crippen molar-refractivity contribution >= 4 is 46.8 Å². The lowest BCUT2D eigenvalue weighted by Gasteiger charge is -2.13. The molecular formula is C21H23N7O4S. The van der Waals surface area contributed by atoms with Gasteiger partial charge in [0.15, 0.2) is 5.65 Å². The SMILES string of the molecule is COc1c(C)cnc(Cn2nc3c4c(nc(NC(=O)O)nc42)SCC(C(=O)N(C)C)=C3)c1C. The van der Waals surface area contributed by atoms with E-state index in [1.807, 2.05) is 13.8 Å². The van der Waals surface area contributed by atoms with E-state index in [4.69, 9.17) is 9.84 Å². The first-order valence-electron chi connectivity index (χ1n) is 10.0. The quantitative estimate of drug-likeness (QED) is 0.540. The predicted octanol–water partition coefficient (Wildman–Crippen LogP) is 2.56. The predicted molar refractivity (Wildman–Crippen MR) is 124 cm³/mol. The summed E-state index contributed by atoms with van der Waals surface area (Å²) in [6, 6.07) is 0. The zero-order valence-corrected chi connectivity index (χ0v) is 19.6. The topological polar surface area (TPSA) is 135 Å². The maximum atomic E-state index is 12.6. The molecule has 0 bridgehead atoms. The normalized spacial score (nSPS) is 12.8. The highest BCUT2D eigenvalue weighted by molar-refractivity contribution is 7.99.